The Morgan fingerprint density at radius 2 is 1.79 bits per heavy atom. The minimum absolute atomic E-state index is 0.104. The summed E-state index contributed by atoms with van der Waals surface area (Å²) in [6, 6.07) is 15.1. The monoisotopic (exact) mass is 398 g/mol. The molecule has 0 aliphatic carbocycles. The van der Waals surface area contributed by atoms with Crippen molar-refractivity contribution in [2.75, 3.05) is 23.3 Å². The number of carbonyl (C=O) groups excluding carboxylic acids is 1. The van der Waals surface area contributed by atoms with Crippen LogP contribution in [0.1, 0.15) is 26.2 Å². The second-order valence-electron chi connectivity index (χ2n) is 6.25. The number of nitrogens with one attached hydrogen (secondary N) is 1. The quantitative estimate of drug-likeness (QED) is 0.589. The van der Waals surface area contributed by atoms with E-state index in [1.165, 1.54) is 0 Å². The highest BCUT2D eigenvalue weighted by Crippen LogP contribution is 2.26. The van der Waals surface area contributed by atoms with Crippen LogP contribution < -0.4 is 10.2 Å². The molecule has 3 rings (SSSR count). The number of aryl methyl sites for hydroxylation is 1. The largest absolute Gasteiger partial charge is 0.421 e. The van der Waals surface area contributed by atoms with E-state index in [9.17, 15) is 4.79 Å². The van der Waals surface area contributed by atoms with Crippen molar-refractivity contribution in [1.82, 2.24) is 10.2 Å². The van der Waals surface area contributed by atoms with Gasteiger partial charge in [-0.05, 0) is 50.2 Å². The summed E-state index contributed by atoms with van der Waals surface area (Å²) in [7, 11) is 0. The molecule has 1 heterocycles. The van der Waals surface area contributed by atoms with Gasteiger partial charge in [-0.15, -0.1) is 10.2 Å². The van der Waals surface area contributed by atoms with Crippen molar-refractivity contribution in [2.45, 2.75) is 26.7 Å². The summed E-state index contributed by atoms with van der Waals surface area (Å²) in [5.41, 5.74) is 2.59. The Bertz CT molecular complexity index is 920. The van der Waals surface area contributed by atoms with E-state index in [2.05, 4.69) is 34.3 Å². The van der Waals surface area contributed by atoms with Gasteiger partial charge >= 0.3 is 0 Å². The van der Waals surface area contributed by atoms with Crippen LogP contribution in [0.2, 0.25) is 5.02 Å². The molecule has 3 aromatic rings. The first-order valence-electron chi connectivity index (χ1n) is 9.32. The zero-order valence-corrected chi connectivity index (χ0v) is 16.7. The number of aromatic nitrogens is 2. The SMILES string of the molecule is CCN(CC)c1ccc(NC(=O)CCc2nnc(-c3ccccc3Cl)o2)cc1. The van der Waals surface area contributed by atoms with Gasteiger partial charge in [-0.25, -0.2) is 0 Å². The van der Waals surface area contributed by atoms with Gasteiger partial charge in [0.25, 0.3) is 0 Å². The third kappa shape index (κ3) is 4.89. The summed E-state index contributed by atoms with van der Waals surface area (Å²) >= 11 is 6.14. The molecule has 1 amide bonds. The minimum atomic E-state index is -0.104. The van der Waals surface area contributed by atoms with E-state index in [-0.39, 0.29) is 12.3 Å². The number of hydrogen-bond donors (Lipinski definition) is 1. The van der Waals surface area contributed by atoms with Crippen LogP contribution >= 0.6 is 11.6 Å². The molecule has 0 saturated carbocycles. The first-order valence-corrected chi connectivity index (χ1v) is 9.70. The van der Waals surface area contributed by atoms with Crippen LogP contribution in [0.15, 0.2) is 52.9 Å². The number of halogens is 1. The smallest absolute Gasteiger partial charge is 0.249 e. The van der Waals surface area contributed by atoms with Gasteiger partial charge in [-0.3, -0.25) is 4.79 Å². The molecule has 0 unspecified atom stereocenters. The molecular weight excluding hydrogens is 376 g/mol. The normalized spacial score (nSPS) is 10.7. The maximum absolute atomic E-state index is 12.2. The molecule has 146 valence electrons. The van der Waals surface area contributed by atoms with Crippen LogP contribution in [0.3, 0.4) is 0 Å². The molecule has 0 spiro atoms. The number of nitrogens with zero attached hydrogens (tertiary/aromatic N) is 3. The molecule has 0 radical (unpaired) electrons. The van der Waals surface area contributed by atoms with E-state index in [1.54, 1.807) is 6.07 Å². The fraction of sp³-hybridized carbons (Fsp3) is 0.286. The Morgan fingerprint density at radius 1 is 1.07 bits per heavy atom. The average molecular weight is 399 g/mol. The van der Waals surface area contributed by atoms with Gasteiger partial charge in [0.15, 0.2) is 0 Å². The Morgan fingerprint density at radius 3 is 2.46 bits per heavy atom. The van der Waals surface area contributed by atoms with Crippen LogP contribution in [-0.2, 0) is 11.2 Å². The van der Waals surface area contributed by atoms with Crippen LogP contribution in [0.25, 0.3) is 11.5 Å². The summed E-state index contributed by atoms with van der Waals surface area (Å²) in [5.74, 6) is 0.656. The Balaban J connectivity index is 1.54. The lowest BCUT2D eigenvalue weighted by Crippen LogP contribution is -2.21. The van der Waals surface area contributed by atoms with E-state index < -0.39 is 0 Å². The lowest BCUT2D eigenvalue weighted by atomic mass is 10.2. The molecule has 0 atom stereocenters. The highest BCUT2D eigenvalue weighted by molar-refractivity contribution is 6.33. The van der Waals surface area contributed by atoms with Gasteiger partial charge in [0.2, 0.25) is 17.7 Å². The van der Waals surface area contributed by atoms with Crippen LogP contribution in [0, 0.1) is 0 Å². The molecule has 0 aliphatic rings. The minimum Gasteiger partial charge on any atom is -0.421 e. The number of hydrogen-bond acceptors (Lipinski definition) is 5. The Kier molecular flexibility index (Phi) is 6.66. The van der Waals surface area contributed by atoms with Crippen molar-refractivity contribution in [3.05, 3.63) is 59.4 Å². The molecule has 0 saturated heterocycles. The number of benzene rings is 2. The Hall–Kier alpha value is -2.86. The zero-order valence-electron chi connectivity index (χ0n) is 16.0. The molecule has 0 aliphatic heterocycles. The van der Waals surface area contributed by atoms with Crippen molar-refractivity contribution in [3.8, 4) is 11.5 Å². The van der Waals surface area contributed by atoms with E-state index in [4.69, 9.17) is 16.0 Å². The van der Waals surface area contributed by atoms with Gasteiger partial charge in [-0.2, -0.15) is 0 Å². The fourth-order valence-corrected chi connectivity index (χ4v) is 3.10. The predicted octanol–water partition coefficient (Wildman–Crippen LogP) is 4.81. The lowest BCUT2D eigenvalue weighted by molar-refractivity contribution is -0.116. The second-order valence-corrected chi connectivity index (χ2v) is 6.66. The maximum atomic E-state index is 12.2. The summed E-state index contributed by atoms with van der Waals surface area (Å²) in [6.45, 7) is 6.13. The maximum Gasteiger partial charge on any atom is 0.249 e. The number of rotatable bonds is 8. The van der Waals surface area contributed by atoms with Crippen LogP contribution in [0.5, 0.6) is 0 Å². The zero-order chi connectivity index (χ0) is 19.9. The number of amides is 1. The van der Waals surface area contributed by atoms with Crippen LogP contribution in [-0.4, -0.2) is 29.2 Å². The molecule has 28 heavy (non-hydrogen) atoms. The number of anilines is 2. The van der Waals surface area contributed by atoms with Crippen molar-refractivity contribution in [3.63, 3.8) is 0 Å². The molecule has 0 fully saturated rings. The highest BCUT2D eigenvalue weighted by Gasteiger charge is 2.13. The van der Waals surface area contributed by atoms with E-state index in [0.29, 0.717) is 28.8 Å². The van der Waals surface area contributed by atoms with E-state index in [1.807, 2.05) is 42.5 Å². The van der Waals surface area contributed by atoms with E-state index >= 15 is 0 Å². The average Bonchev–Trinajstić information content (AvgIpc) is 3.18. The van der Waals surface area contributed by atoms with Gasteiger partial charge < -0.3 is 14.6 Å². The van der Waals surface area contributed by atoms with Gasteiger partial charge in [0.1, 0.15) is 0 Å². The third-order valence-corrected chi connectivity index (χ3v) is 4.75. The topological polar surface area (TPSA) is 71.3 Å². The number of carbonyl (C=O) groups is 1. The second kappa shape index (κ2) is 9.37. The summed E-state index contributed by atoms with van der Waals surface area (Å²) in [5, 5.41) is 11.5. The van der Waals surface area contributed by atoms with Crippen molar-refractivity contribution in [1.29, 1.82) is 0 Å². The van der Waals surface area contributed by atoms with Gasteiger partial charge in [0.05, 0.1) is 10.6 Å². The molecule has 1 aromatic heterocycles. The predicted molar refractivity (Wildman–Crippen MR) is 112 cm³/mol. The van der Waals surface area contributed by atoms with Crippen LogP contribution in [0.4, 0.5) is 11.4 Å². The first kappa shape index (κ1) is 19.9. The summed E-state index contributed by atoms with van der Waals surface area (Å²) < 4.78 is 5.63. The molecule has 0 bridgehead atoms. The van der Waals surface area contributed by atoms with Crippen molar-refractivity contribution >= 4 is 28.9 Å². The van der Waals surface area contributed by atoms with Crippen molar-refractivity contribution in [2.24, 2.45) is 0 Å². The summed E-state index contributed by atoms with van der Waals surface area (Å²) in [4.78, 5) is 14.5. The van der Waals surface area contributed by atoms with Gasteiger partial charge in [-0.1, -0.05) is 23.7 Å². The van der Waals surface area contributed by atoms with Crippen molar-refractivity contribution < 1.29 is 9.21 Å². The van der Waals surface area contributed by atoms with E-state index in [0.717, 1.165) is 24.5 Å². The first-order chi connectivity index (χ1) is 13.6. The molecule has 7 heteroatoms. The standard InChI is InChI=1S/C21H23ClN4O2/c1-3-26(4-2)16-11-9-15(10-12-16)23-19(27)13-14-20-24-25-21(28-20)17-7-5-6-8-18(17)22/h5-12H,3-4,13-14H2,1-2H3,(H,23,27). The lowest BCUT2D eigenvalue weighted by Gasteiger charge is -2.21. The highest BCUT2D eigenvalue weighted by atomic mass is 35.5. The summed E-state index contributed by atoms with van der Waals surface area (Å²) in [6.07, 6.45) is 0.614. The molecule has 6 nitrogen and oxygen atoms in total. The van der Waals surface area contributed by atoms with Gasteiger partial charge in [0, 0.05) is 37.3 Å². The third-order valence-electron chi connectivity index (χ3n) is 4.42. The molecule has 1 N–H and O–H groups in total. The molecule has 2 aromatic carbocycles. The molecular formula is C21H23ClN4O2. The Labute approximate surface area is 169 Å². The fourth-order valence-electron chi connectivity index (χ4n) is 2.89.